The van der Waals surface area contributed by atoms with Crippen molar-refractivity contribution in [2.45, 2.75) is 76.3 Å². The summed E-state index contributed by atoms with van der Waals surface area (Å²) >= 11 is 6.24. The smallest absolute Gasteiger partial charge is 0.251 e. The molecule has 0 radical (unpaired) electrons. The molecule has 41 heavy (non-hydrogen) atoms. The van der Waals surface area contributed by atoms with E-state index in [0.717, 1.165) is 48.1 Å². The number of hydrogen-bond acceptors (Lipinski definition) is 3. The molecule has 0 N–H and O–H groups in total. The van der Waals surface area contributed by atoms with Crippen molar-refractivity contribution in [3.05, 3.63) is 101 Å². The van der Waals surface area contributed by atoms with Crippen molar-refractivity contribution in [3.63, 3.8) is 0 Å². The van der Waals surface area contributed by atoms with Crippen LogP contribution < -0.4 is 4.90 Å². The quantitative estimate of drug-likeness (QED) is 0.313. The van der Waals surface area contributed by atoms with Gasteiger partial charge in [0.1, 0.15) is 6.04 Å². The van der Waals surface area contributed by atoms with Crippen LogP contribution in [-0.4, -0.2) is 34.2 Å². The summed E-state index contributed by atoms with van der Waals surface area (Å²) in [6.07, 6.45) is 4.28. The molecule has 2 fully saturated rings. The van der Waals surface area contributed by atoms with E-state index >= 15 is 0 Å². The second-order valence-corrected chi connectivity index (χ2v) is 13.2. The molecule has 3 aliphatic rings. The monoisotopic (exact) mass is 568 g/mol. The number of imide groups is 1. The Balaban J connectivity index is 1.45. The zero-order valence-electron chi connectivity index (χ0n) is 24.0. The van der Waals surface area contributed by atoms with Gasteiger partial charge in [0, 0.05) is 28.1 Å². The van der Waals surface area contributed by atoms with Crippen molar-refractivity contribution >= 4 is 35.0 Å². The third kappa shape index (κ3) is 4.68. The minimum absolute atomic E-state index is 0.178. The fraction of sp³-hybridized carbons (Fsp3) is 0.400. The summed E-state index contributed by atoms with van der Waals surface area (Å²) in [5, 5.41) is 0.682. The Morgan fingerprint density at radius 1 is 0.854 bits per heavy atom. The summed E-state index contributed by atoms with van der Waals surface area (Å²) in [6, 6.07) is 24.8. The Morgan fingerprint density at radius 2 is 1.44 bits per heavy atom. The van der Waals surface area contributed by atoms with Crippen LogP contribution in [0.5, 0.6) is 0 Å². The average Bonchev–Trinajstić information content (AvgIpc) is 3.21. The number of anilines is 1. The van der Waals surface area contributed by atoms with Crippen LogP contribution in [0.15, 0.2) is 78.9 Å². The van der Waals surface area contributed by atoms with Gasteiger partial charge in [-0.1, -0.05) is 92.0 Å². The number of carbonyl (C=O) groups is 3. The summed E-state index contributed by atoms with van der Waals surface area (Å²) in [7, 11) is 0. The Kier molecular flexibility index (Phi) is 7.05. The molecule has 3 aromatic carbocycles. The highest BCUT2D eigenvalue weighted by Crippen LogP contribution is 2.51. The first-order valence-corrected chi connectivity index (χ1v) is 15.1. The van der Waals surface area contributed by atoms with Crippen molar-refractivity contribution in [1.29, 1.82) is 0 Å². The third-order valence-electron chi connectivity index (χ3n) is 9.58. The number of rotatable bonds is 5. The fourth-order valence-corrected chi connectivity index (χ4v) is 7.89. The molecule has 212 valence electrons. The molecule has 2 aliphatic heterocycles. The molecule has 6 rings (SSSR count). The van der Waals surface area contributed by atoms with Crippen molar-refractivity contribution in [3.8, 4) is 0 Å². The molecular weight excluding hydrogens is 532 g/mol. The van der Waals surface area contributed by atoms with E-state index in [9.17, 15) is 14.4 Å². The number of para-hydroxylation sites is 1. The Morgan fingerprint density at radius 3 is 2.07 bits per heavy atom. The fourth-order valence-electron chi connectivity index (χ4n) is 7.76. The predicted molar refractivity (Wildman–Crippen MR) is 162 cm³/mol. The third-order valence-corrected chi connectivity index (χ3v) is 9.83. The number of carbonyl (C=O) groups excluding carboxylic acids is 3. The van der Waals surface area contributed by atoms with Crippen LogP contribution in [0.3, 0.4) is 0 Å². The minimum atomic E-state index is -0.907. The van der Waals surface area contributed by atoms with Gasteiger partial charge in [0.2, 0.25) is 11.8 Å². The Hall–Kier alpha value is -3.44. The van der Waals surface area contributed by atoms with Gasteiger partial charge in [-0.05, 0) is 68.0 Å². The molecule has 3 aromatic rings. The number of halogens is 1. The van der Waals surface area contributed by atoms with Crippen molar-refractivity contribution in [2.75, 3.05) is 4.90 Å². The second-order valence-electron chi connectivity index (χ2n) is 12.8. The average molecular weight is 569 g/mol. The van der Waals surface area contributed by atoms with Gasteiger partial charge in [0.25, 0.3) is 5.91 Å². The lowest BCUT2D eigenvalue weighted by molar-refractivity contribution is -0.147. The lowest BCUT2D eigenvalue weighted by atomic mass is 9.65. The SMILES string of the molecule is CC1(c2ccc(Cl)cc2)CC(C)(C)N(C(=O)C(Cc2ccccc2)N2C(=O)C3CCCCC3C2=O)c2ccccc21. The van der Waals surface area contributed by atoms with Gasteiger partial charge in [-0.2, -0.15) is 0 Å². The van der Waals surface area contributed by atoms with E-state index in [1.807, 2.05) is 65.6 Å². The molecule has 4 atom stereocenters. The molecule has 5 nitrogen and oxygen atoms in total. The van der Waals surface area contributed by atoms with Crippen LogP contribution in [0.25, 0.3) is 0 Å². The minimum Gasteiger partial charge on any atom is -0.305 e. The first-order valence-electron chi connectivity index (χ1n) is 14.7. The molecule has 4 unspecified atom stereocenters. The summed E-state index contributed by atoms with van der Waals surface area (Å²) in [6.45, 7) is 6.39. The maximum absolute atomic E-state index is 14.9. The van der Waals surface area contributed by atoms with Crippen LogP contribution in [0.2, 0.25) is 5.02 Å². The highest BCUT2D eigenvalue weighted by molar-refractivity contribution is 6.30. The number of nitrogens with zero attached hydrogens (tertiary/aromatic N) is 2. The lowest BCUT2D eigenvalue weighted by Gasteiger charge is -2.52. The predicted octanol–water partition coefficient (Wildman–Crippen LogP) is 6.95. The maximum atomic E-state index is 14.9. The summed E-state index contributed by atoms with van der Waals surface area (Å²) in [5.74, 6) is -1.18. The molecule has 1 aliphatic carbocycles. The molecule has 0 bridgehead atoms. The largest absolute Gasteiger partial charge is 0.305 e. The van der Waals surface area contributed by atoms with Gasteiger partial charge in [-0.25, -0.2) is 0 Å². The molecule has 1 saturated carbocycles. The van der Waals surface area contributed by atoms with Gasteiger partial charge < -0.3 is 4.90 Å². The van der Waals surface area contributed by atoms with Gasteiger partial charge in [-0.15, -0.1) is 0 Å². The van der Waals surface area contributed by atoms with Crippen molar-refractivity contribution < 1.29 is 14.4 Å². The number of benzene rings is 3. The van der Waals surface area contributed by atoms with E-state index in [1.54, 1.807) is 0 Å². The van der Waals surface area contributed by atoms with E-state index in [2.05, 4.69) is 39.0 Å². The summed E-state index contributed by atoms with van der Waals surface area (Å²) in [4.78, 5) is 45.8. The molecule has 1 saturated heterocycles. The maximum Gasteiger partial charge on any atom is 0.251 e. The molecular formula is C35H37ClN2O3. The molecule has 6 heteroatoms. The van der Waals surface area contributed by atoms with E-state index in [1.165, 1.54) is 4.90 Å². The standard InChI is InChI=1S/C35H37ClN2O3/c1-34(2)22-35(3,24-17-19-25(36)20-18-24)28-15-9-10-16-29(28)38(34)33(41)30(21-23-11-5-4-6-12-23)37-31(39)26-13-7-8-14-27(26)32(37)40/h4-6,9-12,15-20,26-27,30H,7-8,13-14,21-22H2,1-3H3. The van der Waals surface area contributed by atoms with Crippen LogP contribution in [0.4, 0.5) is 5.69 Å². The van der Waals surface area contributed by atoms with Gasteiger partial charge >= 0.3 is 0 Å². The summed E-state index contributed by atoms with van der Waals surface area (Å²) < 4.78 is 0. The number of likely N-dealkylation sites (tertiary alicyclic amines) is 1. The van der Waals surface area contributed by atoms with Gasteiger partial charge in [-0.3, -0.25) is 19.3 Å². The van der Waals surface area contributed by atoms with E-state index in [-0.39, 0.29) is 35.0 Å². The van der Waals surface area contributed by atoms with Crippen molar-refractivity contribution in [1.82, 2.24) is 4.90 Å². The molecule has 0 aromatic heterocycles. The highest BCUT2D eigenvalue weighted by Gasteiger charge is 2.55. The number of hydrogen-bond donors (Lipinski definition) is 0. The lowest BCUT2D eigenvalue weighted by Crippen LogP contribution is -2.61. The first-order chi connectivity index (χ1) is 19.6. The van der Waals surface area contributed by atoms with E-state index < -0.39 is 11.6 Å². The van der Waals surface area contributed by atoms with Gasteiger partial charge in [0.15, 0.2) is 0 Å². The summed E-state index contributed by atoms with van der Waals surface area (Å²) in [5.41, 5.74) is 2.94. The molecule has 0 spiro atoms. The Labute approximate surface area is 247 Å². The number of amides is 3. The highest BCUT2D eigenvalue weighted by atomic mass is 35.5. The van der Waals surface area contributed by atoms with Gasteiger partial charge in [0.05, 0.1) is 11.8 Å². The first kappa shape index (κ1) is 27.7. The zero-order chi connectivity index (χ0) is 28.9. The number of fused-ring (bicyclic) bond motifs is 2. The van der Waals surface area contributed by atoms with Crippen LogP contribution in [0, 0.1) is 11.8 Å². The van der Waals surface area contributed by atoms with Crippen LogP contribution in [0.1, 0.15) is 69.6 Å². The second kappa shape index (κ2) is 10.4. The van der Waals surface area contributed by atoms with Crippen LogP contribution >= 0.6 is 11.6 Å². The topological polar surface area (TPSA) is 57.7 Å². The van der Waals surface area contributed by atoms with E-state index in [0.29, 0.717) is 17.9 Å². The van der Waals surface area contributed by atoms with E-state index in [4.69, 9.17) is 11.6 Å². The zero-order valence-corrected chi connectivity index (χ0v) is 24.7. The Bertz CT molecular complexity index is 1460. The van der Waals surface area contributed by atoms with Crippen LogP contribution in [-0.2, 0) is 26.2 Å². The molecule has 3 amide bonds. The normalized spacial score (nSPS) is 26.0. The molecule has 2 heterocycles. The van der Waals surface area contributed by atoms with Crippen molar-refractivity contribution in [2.24, 2.45) is 11.8 Å².